The number of nitrogens with zero attached hydrogens (tertiary/aromatic N) is 3. The smallest absolute Gasteiger partial charge is 0.262 e. The zero-order valence-corrected chi connectivity index (χ0v) is 13.4. The highest BCUT2D eigenvalue weighted by Gasteiger charge is 2.09. The van der Waals surface area contributed by atoms with E-state index in [2.05, 4.69) is 9.98 Å². The second kappa shape index (κ2) is 6.85. The van der Waals surface area contributed by atoms with E-state index in [1.165, 1.54) is 0 Å². The Bertz CT molecular complexity index is 842. The van der Waals surface area contributed by atoms with Gasteiger partial charge in [-0.25, -0.2) is 13.4 Å². The van der Waals surface area contributed by atoms with Crippen molar-refractivity contribution in [2.75, 3.05) is 12.0 Å². The number of hydrogen-bond acceptors (Lipinski definition) is 4. The molecule has 0 radical (unpaired) electrons. The van der Waals surface area contributed by atoms with E-state index in [9.17, 15) is 13.2 Å². The molecule has 6 nitrogen and oxygen atoms in total. The van der Waals surface area contributed by atoms with Crippen LogP contribution >= 0.6 is 11.6 Å². The van der Waals surface area contributed by atoms with Crippen LogP contribution in [0, 0.1) is 0 Å². The molecule has 2 heterocycles. The van der Waals surface area contributed by atoms with Crippen LogP contribution in [0.15, 0.2) is 47.7 Å². The lowest BCUT2D eigenvalue weighted by Gasteiger charge is -2.07. The zero-order valence-electron chi connectivity index (χ0n) is 11.8. The number of sulfone groups is 1. The molecular weight excluding hydrogens is 326 g/mol. The van der Waals surface area contributed by atoms with Gasteiger partial charge in [-0.05, 0) is 23.8 Å². The fourth-order valence-electron chi connectivity index (χ4n) is 1.78. The van der Waals surface area contributed by atoms with E-state index in [-0.39, 0.29) is 0 Å². The quantitative estimate of drug-likeness (QED) is 0.780. The highest BCUT2D eigenvalue weighted by atomic mass is 35.5. The molecule has 2 rings (SSSR count). The average molecular weight is 340 g/mol. The van der Waals surface area contributed by atoms with Crippen LogP contribution < -0.4 is 5.49 Å². The molecule has 0 aliphatic rings. The van der Waals surface area contributed by atoms with Crippen LogP contribution in [-0.4, -0.2) is 35.9 Å². The number of pyridine rings is 2. The van der Waals surface area contributed by atoms with E-state index < -0.39 is 21.5 Å². The van der Waals surface area contributed by atoms with Crippen molar-refractivity contribution >= 4 is 27.3 Å². The van der Waals surface area contributed by atoms with Crippen LogP contribution in [-0.2, 0) is 21.2 Å². The third kappa shape index (κ3) is 5.09. The van der Waals surface area contributed by atoms with Crippen molar-refractivity contribution < 1.29 is 13.2 Å². The monoisotopic (exact) mass is 339 g/mol. The van der Waals surface area contributed by atoms with Gasteiger partial charge in [0.05, 0.1) is 6.54 Å². The Hall–Kier alpha value is -1.99. The van der Waals surface area contributed by atoms with Gasteiger partial charge < -0.3 is 4.57 Å². The summed E-state index contributed by atoms with van der Waals surface area (Å²) in [6.45, 7) is 0.440. The fourth-order valence-corrected chi connectivity index (χ4v) is 2.41. The fraction of sp³-hybridized carbons (Fsp3) is 0.214. The molecule has 0 saturated heterocycles. The van der Waals surface area contributed by atoms with E-state index >= 15 is 0 Å². The van der Waals surface area contributed by atoms with Crippen molar-refractivity contribution in [2.24, 2.45) is 4.99 Å². The first-order chi connectivity index (χ1) is 10.3. The number of amides is 1. The maximum absolute atomic E-state index is 11.7. The number of carbonyl (C=O) groups is 1. The van der Waals surface area contributed by atoms with Crippen LogP contribution in [0.25, 0.3) is 0 Å². The molecule has 0 N–H and O–H groups in total. The molecule has 0 atom stereocenters. The largest absolute Gasteiger partial charge is 0.328 e. The van der Waals surface area contributed by atoms with Gasteiger partial charge in [0, 0.05) is 18.6 Å². The van der Waals surface area contributed by atoms with Gasteiger partial charge in [0.25, 0.3) is 5.91 Å². The van der Waals surface area contributed by atoms with Crippen LogP contribution in [0.2, 0.25) is 5.15 Å². The normalized spacial score (nSPS) is 12.4. The lowest BCUT2D eigenvalue weighted by atomic mass is 10.3. The molecule has 22 heavy (non-hydrogen) atoms. The number of aromatic nitrogens is 2. The van der Waals surface area contributed by atoms with Gasteiger partial charge in [0.2, 0.25) is 0 Å². The Balaban J connectivity index is 2.30. The summed E-state index contributed by atoms with van der Waals surface area (Å²) < 4.78 is 24.0. The maximum atomic E-state index is 11.7. The van der Waals surface area contributed by atoms with Crippen LogP contribution in [0.3, 0.4) is 0 Å². The Kier molecular flexibility index (Phi) is 5.10. The molecule has 2 aromatic heterocycles. The molecule has 116 valence electrons. The van der Waals surface area contributed by atoms with Crippen molar-refractivity contribution in [2.45, 2.75) is 6.54 Å². The van der Waals surface area contributed by atoms with Gasteiger partial charge in [-0.2, -0.15) is 4.99 Å². The first-order valence-corrected chi connectivity index (χ1v) is 8.78. The Morgan fingerprint density at radius 3 is 2.73 bits per heavy atom. The maximum Gasteiger partial charge on any atom is 0.262 e. The van der Waals surface area contributed by atoms with Gasteiger partial charge in [-0.3, -0.25) is 4.79 Å². The van der Waals surface area contributed by atoms with Crippen molar-refractivity contribution in [1.29, 1.82) is 0 Å². The first-order valence-electron chi connectivity index (χ1n) is 6.35. The molecule has 0 spiro atoms. The third-order valence-corrected chi connectivity index (χ3v) is 3.68. The summed E-state index contributed by atoms with van der Waals surface area (Å²) in [6.07, 6.45) is 4.38. The van der Waals surface area contributed by atoms with E-state index in [4.69, 9.17) is 11.6 Å². The summed E-state index contributed by atoms with van der Waals surface area (Å²) in [5.41, 5.74) is 1.26. The highest BCUT2D eigenvalue weighted by Crippen LogP contribution is 2.06. The summed E-state index contributed by atoms with van der Waals surface area (Å²) in [5, 5.41) is 0.398. The molecule has 8 heteroatoms. The van der Waals surface area contributed by atoms with Gasteiger partial charge in [0.1, 0.15) is 16.4 Å². The van der Waals surface area contributed by atoms with Crippen molar-refractivity contribution in [3.05, 3.63) is 58.9 Å². The molecule has 0 aliphatic carbocycles. The standard InChI is InChI=1S/C14H14ClN3O3S/c1-22(20,21)10-14(19)17-13-4-2-3-7-18(13)9-11-5-6-12(15)16-8-11/h2-8H,9-10H2,1H3. The minimum absolute atomic E-state index is 0.381. The summed E-state index contributed by atoms with van der Waals surface area (Å²) in [7, 11) is -3.40. The molecule has 1 amide bonds. The van der Waals surface area contributed by atoms with Gasteiger partial charge >= 0.3 is 0 Å². The molecule has 0 unspecified atom stereocenters. The number of carbonyl (C=O) groups excluding carboxylic acids is 1. The Morgan fingerprint density at radius 1 is 1.32 bits per heavy atom. The van der Waals surface area contributed by atoms with Crippen molar-refractivity contribution in [1.82, 2.24) is 9.55 Å². The van der Waals surface area contributed by atoms with E-state index in [0.717, 1.165) is 11.8 Å². The van der Waals surface area contributed by atoms with Gasteiger partial charge in [0.15, 0.2) is 9.84 Å². The first kappa shape index (κ1) is 16.4. The zero-order chi connectivity index (χ0) is 16.2. The third-order valence-electron chi connectivity index (χ3n) is 2.68. The van der Waals surface area contributed by atoms with Gasteiger partial charge in [-0.1, -0.05) is 23.7 Å². The van der Waals surface area contributed by atoms with E-state index in [0.29, 0.717) is 17.2 Å². The van der Waals surface area contributed by atoms with Crippen molar-refractivity contribution in [3.63, 3.8) is 0 Å². The molecule has 0 bridgehead atoms. The molecule has 0 fully saturated rings. The van der Waals surface area contributed by atoms with E-state index in [1.54, 1.807) is 41.2 Å². The second-order valence-corrected chi connectivity index (χ2v) is 7.28. The van der Waals surface area contributed by atoms with E-state index in [1.807, 2.05) is 6.07 Å². The lowest BCUT2D eigenvalue weighted by Crippen LogP contribution is -2.24. The Morgan fingerprint density at radius 2 is 2.09 bits per heavy atom. The molecular formula is C14H14ClN3O3S. The van der Waals surface area contributed by atoms with Gasteiger partial charge in [-0.15, -0.1) is 0 Å². The van der Waals surface area contributed by atoms with Crippen LogP contribution in [0.5, 0.6) is 0 Å². The summed E-state index contributed by atoms with van der Waals surface area (Å²) in [4.78, 5) is 19.5. The topological polar surface area (TPSA) is 81.4 Å². The molecule has 0 saturated carbocycles. The number of rotatable bonds is 4. The summed E-state index contributed by atoms with van der Waals surface area (Å²) in [5.74, 6) is -1.30. The average Bonchev–Trinajstić information content (AvgIpc) is 2.41. The highest BCUT2D eigenvalue weighted by molar-refractivity contribution is 7.91. The molecule has 0 aliphatic heterocycles. The van der Waals surface area contributed by atoms with Crippen LogP contribution in [0.4, 0.5) is 0 Å². The summed E-state index contributed by atoms with van der Waals surface area (Å²) in [6, 6.07) is 8.65. The number of halogens is 1. The lowest BCUT2D eigenvalue weighted by molar-refractivity contribution is -0.115. The Labute approximate surface area is 133 Å². The molecule has 0 aromatic carbocycles. The second-order valence-electron chi connectivity index (χ2n) is 4.75. The SMILES string of the molecule is CS(=O)(=O)CC(=O)N=c1ccccn1Cc1ccc(Cl)nc1. The predicted octanol–water partition coefficient (Wildman–Crippen LogP) is 1.06. The minimum atomic E-state index is -3.40. The minimum Gasteiger partial charge on any atom is -0.328 e. The van der Waals surface area contributed by atoms with Crippen molar-refractivity contribution in [3.8, 4) is 0 Å². The summed E-state index contributed by atoms with van der Waals surface area (Å²) >= 11 is 5.74. The molecule has 2 aromatic rings. The predicted molar refractivity (Wildman–Crippen MR) is 83.1 cm³/mol. The number of hydrogen-bond donors (Lipinski definition) is 0. The van der Waals surface area contributed by atoms with Crippen LogP contribution in [0.1, 0.15) is 5.56 Å².